The average Bonchev–Trinajstić information content (AvgIpc) is 3.28. The highest BCUT2D eigenvalue weighted by molar-refractivity contribution is 6.08. The predicted octanol–water partition coefficient (Wildman–Crippen LogP) is 4.13. The van der Waals surface area contributed by atoms with Gasteiger partial charge >= 0.3 is 5.97 Å². The lowest BCUT2D eigenvalue weighted by Gasteiger charge is -2.38. The fraction of sp³-hybridized carbons (Fsp3) is 0.609. The lowest BCUT2D eigenvalue weighted by Crippen LogP contribution is -2.40. The van der Waals surface area contributed by atoms with Crippen LogP contribution in [0.3, 0.4) is 0 Å². The highest BCUT2D eigenvalue weighted by atomic mass is 16.6. The summed E-state index contributed by atoms with van der Waals surface area (Å²) in [5.41, 5.74) is 1.93. The van der Waals surface area contributed by atoms with E-state index in [1.54, 1.807) is 0 Å². The SMILES string of the molecule is CC1=NC2=C(C(=O)CC(C)(C)C2)[C@H](c2ccc(C)o2)[C@@H]1C(=O)OC[C@H]1CCCO1. The molecule has 0 N–H and O–H groups in total. The Morgan fingerprint density at radius 3 is 2.72 bits per heavy atom. The first-order valence-corrected chi connectivity index (χ1v) is 10.4. The molecule has 0 radical (unpaired) electrons. The number of Topliss-reactive ketones (excluding diaryl/α,β-unsaturated/α-hetero) is 1. The Kier molecular flexibility index (Phi) is 5.23. The molecule has 1 aromatic rings. The van der Waals surface area contributed by atoms with Gasteiger partial charge in [-0.1, -0.05) is 13.8 Å². The van der Waals surface area contributed by atoms with E-state index in [1.807, 2.05) is 26.0 Å². The molecule has 4 rings (SSSR count). The van der Waals surface area contributed by atoms with E-state index in [4.69, 9.17) is 18.9 Å². The van der Waals surface area contributed by atoms with Crippen LogP contribution in [-0.4, -0.2) is 36.8 Å². The third kappa shape index (κ3) is 3.95. The zero-order valence-electron chi connectivity index (χ0n) is 17.6. The van der Waals surface area contributed by atoms with Gasteiger partial charge in [-0.25, -0.2) is 0 Å². The number of nitrogens with zero attached hydrogens (tertiary/aromatic N) is 1. The van der Waals surface area contributed by atoms with Crippen molar-refractivity contribution >= 4 is 17.5 Å². The van der Waals surface area contributed by atoms with E-state index in [-0.39, 0.29) is 29.9 Å². The second-order valence-electron chi connectivity index (χ2n) is 9.22. The quantitative estimate of drug-likeness (QED) is 0.712. The van der Waals surface area contributed by atoms with Crippen LogP contribution in [0.2, 0.25) is 0 Å². The summed E-state index contributed by atoms with van der Waals surface area (Å²) in [7, 11) is 0. The molecule has 1 aromatic heterocycles. The average molecular weight is 399 g/mol. The minimum absolute atomic E-state index is 0.0449. The summed E-state index contributed by atoms with van der Waals surface area (Å²) in [4.78, 5) is 31.0. The number of carbonyl (C=O) groups excluding carboxylic acids is 2. The number of hydrogen-bond donors (Lipinski definition) is 0. The molecule has 0 bridgehead atoms. The molecule has 0 aromatic carbocycles. The van der Waals surface area contributed by atoms with Gasteiger partial charge in [-0.3, -0.25) is 14.6 Å². The molecule has 0 unspecified atom stereocenters. The topological polar surface area (TPSA) is 78.1 Å². The second-order valence-corrected chi connectivity index (χ2v) is 9.22. The Morgan fingerprint density at radius 1 is 1.28 bits per heavy atom. The maximum atomic E-state index is 13.1. The summed E-state index contributed by atoms with van der Waals surface area (Å²) < 4.78 is 17.1. The number of furan rings is 1. The maximum Gasteiger partial charge on any atom is 0.315 e. The van der Waals surface area contributed by atoms with E-state index < -0.39 is 11.8 Å². The smallest absolute Gasteiger partial charge is 0.315 e. The summed E-state index contributed by atoms with van der Waals surface area (Å²) in [6, 6.07) is 3.72. The van der Waals surface area contributed by atoms with Crippen molar-refractivity contribution < 1.29 is 23.5 Å². The molecular weight excluding hydrogens is 370 g/mol. The summed E-state index contributed by atoms with van der Waals surface area (Å²) in [6.07, 6.45) is 2.99. The van der Waals surface area contributed by atoms with Crippen molar-refractivity contribution in [1.29, 1.82) is 0 Å². The van der Waals surface area contributed by atoms with E-state index in [1.165, 1.54) is 0 Å². The zero-order valence-corrected chi connectivity index (χ0v) is 17.6. The Morgan fingerprint density at radius 2 is 2.07 bits per heavy atom. The van der Waals surface area contributed by atoms with Gasteiger partial charge in [0.2, 0.25) is 0 Å². The van der Waals surface area contributed by atoms with Crippen molar-refractivity contribution in [3.05, 3.63) is 34.9 Å². The van der Waals surface area contributed by atoms with Crippen LogP contribution in [0.5, 0.6) is 0 Å². The van der Waals surface area contributed by atoms with Crippen LogP contribution in [0.15, 0.2) is 32.8 Å². The summed E-state index contributed by atoms with van der Waals surface area (Å²) >= 11 is 0. The minimum Gasteiger partial charge on any atom is -0.466 e. The van der Waals surface area contributed by atoms with Crippen molar-refractivity contribution in [3.63, 3.8) is 0 Å². The van der Waals surface area contributed by atoms with Gasteiger partial charge in [-0.05, 0) is 50.7 Å². The molecule has 0 spiro atoms. The monoisotopic (exact) mass is 399 g/mol. The number of carbonyl (C=O) groups is 2. The number of ether oxygens (including phenoxy) is 2. The molecular formula is C23H29NO5. The first kappa shape index (κ1) is 20.1. The number of ketones is 1. The number of esters is 1. The Bertz CT molecular complexity index is 885. The van der Waals surface area contributed by atoms with Gasteiger partial charge in [0.05, 0.1) is 12.0 Å². The standard InChI is InChI=1S/C23H29NO5/c1-13-7-8-18(29-13)21-19(22(26)28-12-15-6-5-9-27-15)14(2)24-16-10-23(3,4)11-17(25)20(16)21/h7-8,15,19,21H,5-6,9-12H2,1-4H3/t15-,19-,21-/m1/s1. The van der Waals surface area contributed by atoms with Crippen molar-refractivity contribution in [3.8, 4) is 0 Å². The molecule has 3 aliphatic rings. The van der Waals surface area contributed by atoms with E-state index >= 15 is 0 Å². The van der Waals surface area contributed by atoms with Gasteiger partial charge in [-0.2, -0.15) is 0 Å². The van der Waals surface area contributed by atoms with Crippen LogP contribution in [-0.2, 0) is 19.1 Å². The molecule has 1 aliphatic carbocycles. The summed E-state index contributed by atoms with van der Waals surface area (Å²) in [5, 5.41) is 0. The van der Waals surface area contributed by atoms with Gasteiger partial charge in [0, 0.05) is 30.0 Å². The Labute approximate surface area is 171 Å². The van der Waals surface area contributed by atoms with E-state index in [0.29, 0.717) is 36.5 Å². The molecule has 6 nitrogen and oxygen atoms in total. The lowest BCUT2D eigenvalue weighted by molar-refractivity contribution is -0.150. The van der Waals surface area contributed by atoms with Crippen LogP contribution < -0.4 is 0 Å². The van der Waals surface area contributed by atoms with Crippen LogP contribution in [0.4, 0.5) is 0 Å². The van der Waals surface area contributed by atoms with Crippen LogP contribution in [0.25, 0.3) is 0 Å². The van der Waals surface area contributed by atoms with Gasteiger partial charge in [0.15, 0.2) is 5.78 Å². The number of hydrogen-bond acceptors (Lipinski definition) is 6. The van der Waals surface area contributed by atoms with Crippen LogP contribution in [0, 0.1) is 18.3 Å². The summed E-state index contributed by atoms with van der Waals surface area (Å²) in [6.45, 7) is 8.80. The third-order valence-electron chi connectivity index (χ3n) is 6.06. The van der Waals surface area contributed by atoms with Crippen molar-refractivity contribution in [1.82, 2.24) is 0 Å². The molecule has 0 amide bonds. The molecule has 29 heavy (non-hydrogen) atoms. The minimum atomic E-state index is -0.661. The Hall–Kier alpha value is -2.21. The predicted molar refractivity (Wildman–Crippen MR) is 108 cm³/mol. The molecule has 6 heteroatoms. The van der Waals surface area contributed by atoms with Crippen molar-refractivity contribution in [2.75, 3.05) is 13.2 Å². The van der Waals surface area contributed by atoms with E-state index in [9.17, 15) is 9.59 Å². The molecule has 156 valence electrons. The molecule has 3 atom stereocenters. The number of aliphatic imine (C=N–C) groups is 1. The highest BCUT2D eigenvalue weighted by Crippen LogP contribution is 2.48. The molecule has 2 aliphatic heterocycles. The highest BCUT2D eigenvalue weighted by Gasteiger charge is 2.47. The van der Waals surface area contributed by atoms with Crippen molar-refractivity contribution in [2.24, 2.45) is 16.3 Å². The largest absolute Gasteiger partial charge is 0.466 e. The third-order valence-corrected chi connectivity index (χ3v) is 6.06. The van der Waals surface area contributed by atoms with Gasteiger partial charge < -0.3 is 13.9 Å². The van der Waals surface area contributed by atoms with E-state index in [0.717, 1.165) is 24.3 Å². The lowest BCUT2D eigenvalue weighted by atomic mass is 9.68. The molecule has 0 saturated carbocycles. The fourth-order valence-electron chi connectivity index (χ4n) is 4.72. The molecule has 3 heterocycles. The van der Waals surface area contributed by atoms with Crippen molar-refractivity contribution in [2.45, 2.75) is 65.4 Å². The first-order chi connectivity index (χ1) is 13.7. The number of rotatable bonds is 4. The molecule has 1 saturated heterocycles. The second kappa shape index (κ2) is 7.56. The number of allylic oxidation sites excluding steroid dienone is 2. The normalized spacial score (nSPS) is 28.9. The maximum absolute atomic E-state index is 13.1. The number of aryl methyl sites for hydroxylation is 1. The van der Waals surface area contributed by atoms with Gasteiger partial charge in [0.25, 0.3) is 0 Å². The van der Waals surface area contributed by atoms with Crippen LogP contribution in [0.1, 0.15) is 63.9 Å². The van der Waals surface area contributed by atoms with Crippen LogP contribution >= 0.6 is 0 Å². The van der Waals surface area contributed by atoms with E-state index in [2.05, 4.69) is 13.8 Å². The van der Waals surface area contributed by atoms with Gasteiger partial charge in [-0.15, -0.1) is 0 Å². The zero-order chi connectivity index (χ0) is 20.8. The first-order valence-electron chi connectivity index (χ1n) is 10.4. The summed E-state index contributed by atoms with van der Waals surface area (Å²) in [5.74, 6) is -0.107. The fourth-order valence-corrected chi connectivity index (χ4v) is 4.72. The Balaban J connectivity index is 1.69. The molecule has 1 fully saturated rings. The van der Waals surface area contributed by atoms with Gasteiger partial charge in [0.1, 0.15) is 24.0 Å².